The fourth-order valence-electron chi connectivity index (χ4n) is 2.53. The maximum Gasteiger partial charge on any atom is 0.414 e. The molecule has 1 N–H and O–H groups in total. The van der Waals surface area contributed by atoms with Crippen molar-refractivity contribution in [2.45, 2.75) is 39.2 Å². The summed E-state index contributed by atoms with van der Waals surface area (Å²) in [7, 11) is 0. The van der Waals surface area contributed by atoms with Crippen molar-refractivity contribution >= 4 is 11.8 Å². The van der Waals surface area contributed by atoms with E-state index in [1.807, 2.05) is 51.1 Å². The van der Waals surface area contributed by atoms with E-state index in [1.165, 1.54) is 0 Å². The number of nitrogens with one attached hydrogen (secondary N) is 1. The number of carbonyl (C=O) groups is 1. The number of benzene rings is 1. The van der Waals surface area contributed by atoms with Gasteiger partial charge in [0.25, 0.3) is 0 Å². The molecule has 1 aliphatic rings. The van der Waals surface area contributed by atoms with Crippen molar-refractivity contribution in [2.24, 2.45) is 5.92 Å². The largest absolute Gasteiger partial charge is 0.443 e. The normalized spacial score (nSPS) is 16.5. The van der Waals surface area contributed by atoms with E-state index in [9.17, 15) is 4.79 Å². The van der Waals surface area contributed by atoms with Crippen LogP contribution in [0.1, 0.15) is 33.6 Å². The van der Waals surface area contributed by atoms with Crippen LogP contribution in [0.2, 0.25) is 0 Å². The Hall–Kier alpha value is -1.55. The zero-order valence-electron chi connectivity index (χ0n) is 13.3. The minimum atomic E-state index is -0.474. The van der Waals surface area contributed by atoms with Gasteiger partial charge in [0, 0.05) is 12.2 Å². The molecule has 4 nitrogen and oxygen atoms in total. The predicted octanol–water partition coefficient (Wildman–Crippen LogP) is 3.43. The molecule has 0 saturated carbocycles. The molecule has 1 amide bonds. The van der Waals surface area contributed by atoms with E-state index in [1.54, 1.807) is 4.90 Å². The van der Waals surface area contributed by atoms with Crippen LogP contribution < -0.4 is 10.2 Å². The predicted molar refractivity (Wildman–Crippen MR) is 85.6 cm³/mol. The first-order valence-electron chi connectivity index (χ1n) is 7.72. The molecule has 0 radical (unpaired) electrons. The van der Waals surface area contributed by atoms with Crippen LogP contribution in [0, 0.1) is 5.92 Å². The molecule has 116 valence electrons. The minimum Gasteiger partial charge on any atom is -0.443 e. The first-order chi connectivity index (χ1) is 9.96. The number of para-hydroxylation sites is 1. The van der Waals surface area contributed by atoms with Gasteiger partial charge in [-0.1, -0.05) is 18.2 Å². The summed E-state index contributed by atoms with van der Waals surface area (Å²) in [5.74, 6) is 0.527. The zero-order valence-corrected chi connectivity index (χ0v) is 13.3. The van der Waals surface area contributed by atoms with E-state index in [2.05, 4.69) is 5.32 Å². The van der Waals surface area contributed by atoms with Crippen LogP contribution in [0.15, 0.2) is 30.3 Å². The van der Waals surface area contributed by atoms with Crippen LogP contribution in [0.3, 0.4) is 0 Å². The summed E-state index contributed by atoms with van der Waals surface area (Å²) in [4.78, 5) is 14.3. The monoisotopic (exact) mass is 290 g/mol. The van der Waals surface area contributed by atoms with E-state index < -0.39 is 5.60 Å². The molecule has 1 aromatic carbocycles. The first kappa shape index (κ1) is 15.8. The summed E-state index contributed by atoms with van der Waals surface area (Å²) in [6.07, 6.45) is 1.95. The molecule has 0 atom stereocenters. The third kappa shape index (κ3) is 5.05. The van der Waals surface area contributed by atoms with Crippen molar-refractivity contribution in [2.75, 3.05) is 24.5 Å². The Morgan fingerprint density at radius 3 is 2.43 bits per heavy atom. The second-order valence-electron chi connectivity index (χ2n) is 6.62. The van der Waals surface area contributed by atoms with Crippen LogP contribution in [-0.2, 0) is 4.74 Å². The Kier molecular flexibility index (Phi) is 5.23. The number of rotatable bonds is 3. The fourth-order valence-corrected chi connectivity index (χ4v) is 2.53. The molecule has 0 aromatic heterocycles. The highest BCUT2D eigenvalue weighted by Gasteiger charge is 2.26. The summed E-state index contributed by atoms with van der Waals surface area (Å²) >= 11 is 0. The van der Waals surface area contributed by atoms with Gasteiger partial charge in [-0.25, -0.2) is 4.79 Å². The van der Waals surface area contributed by atoms with Gasteiger partial charge in [0.15, 0.2) is 0 Å². The van der Waals surface area contributed by atoms with E-state index in [0.29, 0.717) is 5.92 Å². The molecular formula is C17H26N2O2. The standard InChI is InChI=1S/C17H26N2O2/c1-17(2,3)21-16(20)19(15-7-5-4-6-8-15)13-14-9-11-18-12-10-14/h4-8,14,18H,9-13H2,1-3H3. The molecule has 4 heteroatoms. The van der Waals surface area contributed by atoms with Gasteiger partial charge < -0.3 is 10.1 Å². The van der Waals surface area contributed by atoms with Crippen molar-refractivity contribution in [1.29, 1.82) is 0 Å². The number of carbonyl (C=O) groups excluding carboxylic acids is 1. The SMILES string of the molecule is CC(C)(C)OC(=O)N(CC1CCNCC1)c1ccccc1. The maximum atomic E-state index is 12.5. The minimum absolute atomic E-state index is 0.257. The highest BCUT2D eigenvalue weighted by molar-refractivity contribution is 5.87. The zero-order chi connectivity index (χ0) is 15.3. The lowest BCUT2D eigenvalue weighted by atomic mass is 9.97. The third-order valence-electron chi connectivity index (χ3n) is 3.58. The molecule has 1 saturated heterocycles. The second kappa shape index (κ2) is 6.94. The molecule has 0 bridgehead atoms. The lowest BCUT2D eigenvalue weighted by Gasteiger charge is -2.32. The Labute approximate surface area is 127 Å². The molecule has 1 heterocycles. The molecular weight excluding hydrogens is 264 g/mol. The number of hydrogen-bond donors (Lipinski definition) is 1. The molecule has 0 unspecified atom stereocenters. The average Bonchev–Trinajstić information content (AvgIpc) is 2.45. The van der Waals surface area contributed by atoms with Gasteiger partial charge in [-0.3, -0.25) is 4.90 Å². The average molecular weight is 290 g/mol. The van der Waals surface area contributed by atoms with Gasteiger partial charge >= 0.3 is 6.09 Å². The van der Waals surface area contributed by atoms with Crippen molar-refractivity contribution in [3.8, 4) is 0 Å². The number of amides is 1. The topological polar surface area (TPSA) is 41.6 Å². The Bertz CT molecular complexity index is 448. The van der Waals surface area contributed by atoms with Crippen molar-refractivity contribution < 1.29 is 9.53 Å². The summed E-state index contributed by atoms with van der Waals surface area (Å²) < 4.78 is 5.57. The molecule has 0 aliphatic carbocycles. The molecule has 0 spiro atoms. The van der Waals surface area contributed by atoms with Gasteiger partial charge in [0.2, 0.25) is 0 Å². The lowest BCUT2D eigenvalue weighted by molar-refractivity contribution is 0.0572. The van der Waals surface area contributed by atoms with Crippen LogP contribution in [-0.4, -0.2) is 31.3 Å². The quantitative estimate of drug-likeness (QED) is 0.927. The smallest absolute Gasteiger partial charge is 0.414 e. The van der Waals surface area contributed by atoms with Crippen molar-refractivity contribution in [3.63, 3.8) is 0 Å². The molecule has 1 aromatic rings. The van der Waals surface area contributed by atoms with Gasteiger partial charge in [-0.05, 0) is 64.8 Å². The summed E-state index contributed by atoms with van der Waals surface area (Å²) in [6, 6.07) is 9.79. The van der Waals surface area contributed by atoms with Crippen LogP contribution in [0.5, 0.6) is 0 Å². The van der Waals surface area contributed by atoms with Crippen molar-refractivity contribution in [3.05, 3.63) is 30.3 Å². The van der Waals surface area contributed by atoms with Crippen LogP contribution >= 0.6 is 0 Å². The number of anilines is 1. The van der Waals surface area contributed by atoms with Gasteiger partial charge in [-0.2, -0.15) is 0 Å². The van der Waals surface area contributed by atoms with Crippen LogP contribution in [0.25, 0.3) is 0 Å². The van der Waals surface area contributed by atoms with Gasteiger partial charge in [0.1, 0.15) is 5.60 Å². The third-order valence-corrected chi connectivity index (χ3v) is 3.58. The Morgan fingerprint density at radius 1 is 1.24 bits per heavy atom. The van der Waals surface area contributed by atoms with Gasteiger partial charge in [0.05, 0.1) is 0 Å². The van der Waals surface area contributed by atoms with E-state index in [4.69, 9.17) is 4.74 Å². The van der Waals surface area contributed by atoms with Crippen LogP contribution in [0.4, 0.5) is 10.5 Å². The second-order valence-corrected chi connectivity index (χ2v) is 6.62. The highest BCUT2D eigenvalue weighted by Crippen LogP contribution is 2.22. The summed E-state index contributed by atoms with van der Waals surface area (Å²) in [5, 5.41) is 3.36. The molecule has 21 heavy (non-hydrogen) atoms. The van der Waals surface area contributed by atoms with Crippen molar-refractivity contribution in [1.82, 2.24) is 5.32 Å². The number of hydrogen-bond acceptors (Lipinski definition) is 3. The molecule has 1 fully saturated rings. The first-order valence-corrected chi connectivity index (χ1v) is 7.72. The number of nitrogens with zero attached hydrogens (tertiary/aromatic N) is 1. The van der Waals surface area contributed by atoms with Gasteiger partial charge in [-0.15, -0.1) is 0 Å². The highest BCUT2D eigenvalue weighted by atomic mass is 16.6. The Morgan fingerprint density at radius 2 is 1.86 bits per heavy atom. The summed E-state index contributed by atoms with van der Waals surface area (Å²) in [5.41, 5.74) is 0.434. The fraction of sp³-hybridized carbons (Fsp3) is 0.588. The Balaban J connectivity index is 2.12. The lowest BCUT2D eigenvalue weighted by Crippen LogP contribution is -2.42. The van der Waals surface area contributed by atoms with E-state index >= 15 is 0 Å². The molecule has 2 rings (SSSR count). The summed E-state index contributed by atoms with van der Waals surface area (Å²) in [6.45, 7) is 8.49. The number of ether oxygens (including phenoxy) is 1. The van der Waals surface area contributed by atoms with E-state index in [0.717, 1.165) is 38.2 Å². The maximum absolute atomic E-state index is 12.5. The number of piperidine rings is 1. The van der Waals surface area contributed by atoms with E-state index in [-0.39, 0.29) is 6.09 Å². The molecule has 1 aliphatic heterocycles.